The molecular formula is C25H32N2O5. The lowest BCUT2D eigenvalue weighted by Crippen LogP contribution is -2.32. The van der Waals surface area contributed by atoms with Crippen LogP contribution in [-0.2, 0) is 17.8 Å². The maximum absolute atomic E-state index is 11.6. The van der Waals surface area contributed by atoms with Crippen molar-refractivity contribution in [1.29, 1.82) is 0 Å². The minimum Gasteiger partial charge on any atom is -0.493 e. The monoisotopic (exact) mass is 440 g/mol. The first kappa shape index (κ1) is 23.6. The molecule has 1 aliphatic heterocycles. The largest absolute Gasteiger partial charge is 0.493 e. The minimum absolute atomic E-state index is 0.0610. The van der Waals surface area contributed by atoms with E-state index in [0.717, 1.165) is 62.6 Å². The predicted octanol–water partition coefficient (Wildman–Crippen LogP) is 3.72. The predicted molar refractivity (Wildman–Crippen MR) is 124 cm³/mol. The number of benzene rings is 2. The molecule has 0 spiro atoms. The fourth-order valence-corrected chi connectivity index (χ4v) is 4.13. The van der Waals surface area contributed by atoms with Gasteiger partial charge in [-0.25, -0.2) is 0 Å². The highest BCUT2D eigenvalue weighted by molar-refractivity contribution is 5.95. The van der Waals surface area contributed by atoms with Crippen LogP contribution in [-0.4, -0.2) is 58.1 Å². The average Bonchev–Trinajstić information content (AvgIpc) is 2.80. The Kier molecular flexibility index (Phi) is 8.11. The Morgan fingerprint density at radius 2 is 1.78 bits per heavy atom. The molecule has 7 nitrogen and oxygen atoms in total. The Morgan fingerprint density at radius 1 is 1.06 bits per heavy atom. The molecule has 1 aliphatic rings. The third kappa shape index (κ3) is 5.59. The molecule has 0 fully saturated rings. The molecule has 0 amide bonds. The van der Waals surface area contributed by atoms with Crippen LogP contribution in [0.1, 0.15) is 41.3 Å². The minimum atomic E-state index is -0.0610. The lowest BCUT2D eigenvalue weighted by atomic mass is 9.98. The van der Waals surface area contributed by atoms with E-state index in [4.69, 9.17) is 14.2 Å². The highest BCUT2D eigenvalue weighted by Gasteiger charge is 2.19. The van der Waals surface area contributed by atoms with E-state index in [2.05, 4.69) is 21.9 Å². The average molecular weight is 441 g/mol. The van der Waals surface area contributed by atoms with E-state index in [-0.39, 0.29) is 5.78 Å². The van der Waals surface area contributed by atoms with Crippen molar-refractivity contribution in [3.8, 4) is 17.2 Å². The molecule has 0 N–H and O–H groups in total. The molecule has 2 aromatic carbocycles. The second-order valence-corrected chi connectivity index (χ2v) is 8.08. The Balaban J connectivity index is 1.53. The Labute approximate surface area is 189 Å². The van der Waals surface area contributed by atoms with Gasteiger partial charge in [-0.3, -0.25) is 14.5 Å². The number of ketones is 1. The summed E-state index contributed by atoms with van der Waals surface area (Å²) >= 11 is 0. The number of carbonyl (C=O) groups is 2. The van der Waals surface area contributed by atoms with Crippen LogP contribution in [0.3, 0.4) is 0 Å². The molecule has 3 rings (SSSR count). The van der Waals surface area contributed by atoms with Crippen LogP contribution in [0.25, 0.3) is 0 Å². The molecule has 172 valence electrons. The maximum Gasteiger partial charge on any atom is 0.298 e. The topological polar surface area (TPSA) is 68.3 Å². The summed E-state index contributed by atoms with van der Waals surface area (Å²) in [6.45, 7) is 5.68. The molecule has 0 radical (unpaired) electrons. The molecule has 7 heteroatoms. The second kappa shape index (κ2) is 11.0. The summed E-state index contributed by atoms with van der Waals surface area (Å²) in [5.74, 6) is 1.91. The summed E-state index contributed by atoms with van der Waals surface area (Å²) in [7, 11) is 5.31. The van der Waals surface area contributed by atoms with Crippen LogP contribution in [0.5, 0.6) is 17.2 Å². The quantitative estimate of drug-likeness (QED) is 0.300. The molecule has 0 saturated heterocycles. The van der Waals surface area contributed by atoms with Crippen LogP contribution in [0.15, 0.2) is 30.3 Å². The first-order valence-electron chi connectivity index (χ1n) is 10.9. The van der Waals surface area contributed by atoms with Gasteiger partial charge in [0.1, 0.15) is 0 Å². The summed E-state index contributed by atoms with van der Waals surface area (Å²) in [5, 5.41) is 0. The first-order valence-corrected chi connectivity index (χ1v) is 10.9. The van der Waals surface area contributed by atoms with Crippen LogP contribution >= 0.6 is 0 Å². The standard InChI is InChI=1S/C25H32N2O5/c1-18(29)19-7-8-22(23(13-19)32-17-28)26(2)10-5-6-11-27-12-9-20-14-24(30-3)25(31-4)15-21(20)16-27/h7-8,13-15,17H,5-6,9-12,16H2,1-4H3. The number of fused-ring (bicyclic) bond motifs is 1. The SMILES string of the molecule is COc1cc2c(cc1OC)CN(CCCCN(C)c1ccc(C(C)=O)cc1OC=O)CC2. The summed E-state index contributed by atoms with van der Waals surface area (Å²) in [4.78, 5) is 27.0. The second-order valence-electron chi connectivity index (χ2n) is 8.08. The normalized spacial score (nSPS) is 13.2. The molecule has 0 saturated carbocycles. The van der Waals surface area contributed by atoms with Gasteiger partial charge < -0.3 is 19.1 Å². The third-order valence-corrected chi connectivity index (χ3v) is 5.97. The highest BCUT2D eigenvalue weighted by Crippen LogP contribution is 2.33. The van der Waals surface area contributed by atoms with Gasteiger partial charge >= 0.3 is 0 Å². The van der Waals surface area contributed by atoms with Gasteiger partial charge in [0.05, 0.1) is 19.9 Å². The van der Waals surface area contributed by atoms with Gasteiger partial charge in [-0.05, 0) is 74.2 Å². The van der Waals surface area contributed by atoms with Crippen LogP contribution in [0.4, 0.5) is 5.69 Å². The van der Waals surface area contributed by atoms with Crippen molar-refractivity contribution < 1.29 is 23.8 Å². The van der Waals surface area contributed by atoms with E-state index in [1.807, 2.05) is 13.1 Å². The van der Waals surface area contributed by atoms with E-state index in [0.29, 0.717) is 17.8 Å². The lowest BCUT2D eigenvalue weighted by Gasteiger charge is -2.30. The van der Waals surface area contributed by atoms with Gasteiger partial charge in [-0.1, -0.05) is 0 Å². The Morgan fingerprint density at radius 3 is 2.44 bits per heavy atom. The van der Waals surface area contributed by atoms with Crippen LogP contribution in [0, 0.1) is 0 Å². The molecule has 0 aliphatic carbocycles. The lowest BCUT2D eigenvalue weighted by molar-refractivity contribution is -0.120. The first-order chi connectivity index (χ1) is 15.5. The van der Waals surface area contributed by atoms with Gasteiger partial charge in [-0.2, -0.15) is 0 Å². The van der Waals surface area contributed by atoms with Crippen molar-refractivity contribution in [1.82, 2.24) is 4.90 Å². The molecule has 0 aromatic heterocycles. The number of hydrogen-bond donors (Lipinski definition) is 0. The maximum atomic E-state index is 11.6. The van der Waals surface area contributed by atoms with Crippen molar-refractivity contribution in [2.45, 2.75) is 32.7 Å². The number of hydrogen-bond acceptors (Lipinski definition) is 7. The van der Waals surface area contributed by atoms with E-state index < -0.39 is 0 Å². The number of methoxy groups -OCH3 is 2. The van der Waals surface area contributed by atoms with Gasteiger partial charge in [-0.15, -0.1) is 0 Å². The van der Waals surface area contributed by atoms with E-state index in [9.17, 15) is 9.59 Å². The van der Waals surface area contributed by atoms with Crippen molar-refractivity contribution in [2.75, 3.05) is 45.8 Å². The number of unbranched alkanes of at least 4 members (excludes halogenated alkanes) is 1. The number of carbonyl (C=O) groups excluding carboxylic acids is 2. The van der Waals surface area contributed by atoms with Crippen molar-refractivity contribution >= 4 is 17.9 Å². The van der Waals surface area contributed by atoms with Gasteiger partial charge in [0.15, 0.2) is 23.0 Å². The number of nitrogens with zero attached hydrogens (tertiary/aromatic N) is 2. The van der Waals surface area contributed by atoms with Crippen molar-refractivity contribution in [3.05, 3.63) is 47.0 Å². The van der Waals surface area contributed by atoms with E-state index >= 15 is 0 Å². The molecule has 1 heterocycles. The molecule has 32 heavy (non-hydrogen) atoms. The Hall–Kier alpha value is -3.06. The fourth-order valence-electron chi connectivity index (χ4n) is 4.13. The zero-order chi connectivity index (χ0) is 23.1. The Bertz CT molecular complexity index is 960. The van der Waals surface area contributed by atoms with Gasteiger partial charge in [0.25, 0.3) is 6.47 Å². The van der Waals surface area contributed by atoms with Crippen molar-refractivity contribution in [3.63, 3.8) is 0 Å². The zero-order valence-electron chi connectivity index (χ0n) is 19.3. The van der Waals surface area contributed by atoms with Crippen LogP contribution < -0.4 is 19.1 Å². The van der Waals surface area contributed by atoms with Crippen molar-refractivity contribution in [2.24, 2.45) is 0 Å². The number of Topliss-reactive ketones (excluding diaryl/α,β-unsaturated/α-hetero) is 1. The zero-order valence-corrected chi connectivity index (χ0v) is 19.3. The molecular weight excluding hydrogens is 408 g/mol. The number of ether oxygens (including phenoxy) is 3. The molecule has 0 atom stereocenters. The van der Waals surface area contributed by atoms with Gasteiger partial charge in [0, 0.05) is 32.2 Å². The summed E-state index contributed by atoms with van der Waals surface area (Å²) < 4.78 is 16.0. The van der Waals surface area contributed by atoms with Gasteiger partial charge in [0.2, 0.25) is 0 Å². The summed E-state index contributed by atoms with van der Waals surface area (Å²) in [6, 6.07) is 9.40. The number of anilines is 1. The van der Waals surface area contributed by atoms with E-state index in [1.54, 1.807) is 26.4 Å². The highest BCUT2D eigenvalue weighted by atomic mass is 16.5. The molecule has 2 aromatic rings. The number of rotatable bonds is 11. The molecule has 0 unspecified atom stereocenters. The fraction of sp³-hybridized carbons (Fsp3) is 0.440. The van der Waals surface area contributed by atoms with E-state index in [1.165, 1.54) is 18.1 Å². The summed E-state index contributed by atoms with van der Waals surface area (Å²) in [5.41, 5.74) is 3.95. The molecule has 0 bridgehead atoms. The smallest absolute Gasteiger partial charge is 0.298 e. The van der Waals surface area contributed by atoms with Crippen LogP contribution in [0.2, 0.25) is 0 Å². The summed E-state index contributed by atoms with van der Waals surface area (Å²) in [6.07, 6.45) is 3.06. The third-order valence-electron chi connectivity index (χ3n) is 5.97.